The normalized spacial score (nSPS) is 11.4. The molecule has 4 rings (SSSR count). The van der Waals surface area contributed by atoms with Crippen LogP contribution >= 0.6 is 0 Å². The van der Waals surface area contributed by atoms with Gasteiger partial charge in [0.2, 0.25) is 11.7 Å². The van der Waals surface area contributed by atoms with Gasteiger partial charge in [0.15, 0.2) is 11.2 Å². The third-order valence-corrected chi connectivity index (χ3v) is 3.48. The highest BCUT2D eigenvalue weighted by Gasteiger charge is 2.13. The van der Waals surface area contributed by atoms with E-state index < -0.39 is 0 Å². The molecule has 1 aromatic carbocycles. The second-order valence-corrected chi connectivity index (χ2v) is 5.13. The highest BCUT2D eigenvalue weighted by molar-refractivity contribution is 5.77. The van der Waals surface area contributed by atoms with Gasteiger partial charge >= 0.3 is 0 Å². The number of anilines is 1. The average molecular weight is 346 g/mol. The molecule has 0 aliphatic rings. The van der Waals surface area contributed by atoms with Crippen LogP contribution in [0, 0.1) is 11.3 Å². The molecule has 0 bridgehead atoms. The number of hydrogen-bond acceptors (Lipinski definition) is 9. The fraction of sp³-hybridized carbons (Fsp3) is 0. The number of phenols is 1. The first-order valence-corrected chi connectivity index (χ1v) is 7.40. The Balaban J connectivity index is 1.61. The fourth-order valence-corrected chi connectivity index (χ4v) is 2.26. The van der Waals surface area contributed by atoms with Crippen molar-refractivity contribution in [3.05, 3.63) is 48.6 Å². The second kappa shape index (κ2) is 6.33. The smallest absolute Gasteiger partial charge is 0.232 e. The van der Waals surface area contributed by atoms with Gasteiger partial charge in [-0.1, -0.05) is 0 Å². The molecular weight excluding hydrogens is 336 g/mol. The van der Waals surface area contributed by atoms with E-state index in [4.69, 9.17) is 9.68 Å². The summed E-state index contributed by atoms with van der Waals surface area (Å²) in [5, 5.41) is 35.5. The summed E-state index contributed by atoms with van der Waals surface area (Å²) in [6, 6.07) is 10.3. The number of aromatic hydroxyl groups is 1. The van der Waals surface area contributed by atoms with Crippen molar-refractivity contribution in [1.82, 2.24) is 30.6 Å². The van der Waals surface area contributed by atoms with E-state index >= 15 is 0 Å². The molecule has 26 heavy (non-hydrogen) atoms. The number of nitrogens with zero attached hydrogens (tertiary/aromatic N) is 6. The van der Waals surface area contributed by atoms with Crippen molar-refractivity contribution in [3.8, 4) is 23.3 Å². The molecule has 3 N–H and O–H groups in total. The van der Waals surface area contributed by atoms with Gasteiger partial charge < -0.3 is 14.8 Å². The lowest BCUT2D eigenvalue weighted by atomic mass is 10.2. The molecule has 10 heteroatoms. The third kappa shape index (κ3) is 2.80. The first-order valence-electron chi connectivity index (χ1n) is 7.40. The Kier molecular flexibility index (Phi) is 3.72. The van der Waals surface area contributed by atoms with E-state index in [9.17, 15) is 5.11 Å². The van der Waals surface area contributed by atoms with E-state index in [1.807, 2.05) is 6.07 Å². The number of rotatable bonds is 4. The molecule has 0 fully saturated rings. The zero-order chi connectivity index (χ0) is 17.9. The van der Waals surface area contributed by atoms with Gasteiger partial charge in [0.1, 0.15) is 17.4 Å². The van der Waals surface area contributed by atoms with Gasteiger partial charge in [-0.25, -0.2) is 4.98 Å². The van der Waals surface area contributed by atoms with Crippen molar-refractivity contribution < 1.29 is 9.52 Å². The Morgan fingerprint density at radius 2 is 2.27 bits per heavy atom. The van der Waals surface area contributed by atoms with Crippen LogP contribution in [-0.2, 0) is 0 Å². The number of oxazole rings is 1. The first-order chi connectivity index (χ1) is 12.7. The molecule has 0 saturated heterocycles. The Bertz CT molecular complexity index is 1110. The molecule has 0 atom stereocenters. The van der Waals surface area contributed by atoms with Crippen LogP contribution in [0.5, 0.6) is 5.75 Å². The number of nitriles is 1. The number of H-pyrrole nitrogens is 1. The number of nitrogens with one attached hydrogen (secondary N) is 2. The van der Waals surface area contributed by atoms with Crippen molar-refractivity contribution >= 4 is 22.5 Å². The maximum atomic E-state index is 10.3. The van der Waals surface area contributed by atoms with Gasteiger partial charge in [0.05, 0.1) is 5.56 Å². The molecule has 10 nitrogen and oxygen atoms in total. The van der Waals surface area contributed by atoms with E-state index in [-0.39, 0.29) is 23.0 Å². The number of fused-ring (bicyclic) bond motifs is 1. The summed E-state index contributed by atoms with van der Waals surface area (Å²) in [6.07, 6.45) is 3.03. The predicted octanol–water partition coefficient (Wildman–Crippen LogP) is 2.09. The van der Waals surface area contributed by atoms with Gasteiger partial charge in [0, 0.05) is 24.2 Å². The number of tetrazole rings is 1. The van der Waals surface area contributed by atoms with Crippen LogP contribution in [0.3, 0.4) is 0 Å². The van der Waals surface area contributed by atoms with Crippen LogP contribution in [0.15, 0.2) is 47.1 Å². The Morgan fingerprint density at radius 3 is 3.00 bits per heavy atom. The van der Waals surface area contributed by atoms with Crippen LogP contribution < -0.4 is 5.32 Å². The number of pyridine rings is 1. The van der Waals surface area contributed by atoms with E-state index in [0.717, 1.165) is 0 Å². The third-order valence-electron chi connectivity index (χ3n) is 3.48. The molecule has 3 aromatic heterocycles. The predicted molar refractivity (Wildman–Crippen MR) is 90.3 cm³/mol. The topological polar surface area (TPSA) is 149 Å². The van der Waals surface area contributed by atoms with Crippen LogP contribution in [0.25, 0.3) is 28.3 Å². The molecule has 0 saturated carbocycles. The van der Waals surface area contributed by atoms with E-state index in [1.165, 1.54) is 12.3 Å². The molecule has 0 spiro atoms. The van der Waals surface area contributed by atoms with Gasteiger partial charge in [-0.3, -0.25) is 0 Å². The number of benzene rings is 1. The number of phenolic OH excluding ortho intramolecular Hbond substituents is 1. The van der Waals surface area contributed by atoms with Crippen LogP contribution in [-0.4, -0.2) is 35.7 Å². The minimum atomic E-state index is -0.0342. The summed E-state index contributed by atoms with van der Waals surface area (Å²) in [5.41, 5.74) is 2.16. The van der Waals surface area contributed by atoms with Crippen molar-refractivity contribution in [2.24, 2.45) is 0 Å². The van der Waals surface area contributed by atoms with Crippen molar-refractivity contribution in [1.29, 1.82) is 5.26 Å². The van der Waals surface area contributed by atoms with Gasteiger partial charge in [-0.15, -0.1) is 10.2 Å². The Morgan fingerprint density at radius 1 is 1.35 bits per heavy atom. The van der Waals surface area contributed by atoms with Gasteiger partial charge in [-0.2, -0.15) is 15.5 Å². The molecule has 4 aromatic rings. The zero-order valence-electron chi connectivity index (χ0n) is 13.1. The Labute approximate surface area is 145 Å². The van der Waals surface area contributed by atoms with Crippen LogP contribution in [0.2, 0.25) is 0 Å². The molecule has 0 aliphatic carbocycles. The lowest BCUT2D eigenvalue weighted by Gasteiger charge is -2.05. The zero-order valence-corrected chi connectivity index (χ0v) is 13.1. The average Bonchev–Trinajstić information content (AvgIpc) is 3.32. The highest BCUT2D eigenvalue weighted by atomic mass is 16.4. The summed E-state index contributed by atoms with van der Waals surface area (Å²) in [4.78, 5) is 8.36. The molecule has 0 aliphatic heterocycles. The van der Waals surface area contributed by atoms with E-state index in [1.54, 1.807) is 30.5 Å². The number of aromatic nitrogens is 6. The minimum Gasteiger partial charge on any atom is -0.507 e. The van der Waals surface area contributed by atoms with Crippen LogP contribution in [0.1, 0.15) is 5.82 Å². The summed E-state index contributed by atoms with van der Waals surface area (Å²) >= 11 is 0. The minimum absolute atomic E-state index is 0.0342. The molecule has 0 unspecified atom stereocenters. The SMILES string of the molecule is N#CC(=CNc1ccc(-c2nc3ncccc3o2)c(O)c1)c1nn[nH]n1. The maximum absolute atomic E-state index is 10.3. The van der Waals surface area contributed by atoms with E-state index in [2.05, 4.69) is 35.9 Å². The molecule has 0 amide bonds. The molecule has 3 heterocycles. The molecular formula is C16H10N8O2. The van der Waals surface area contributed by atoms with Crippen molar-refractivity contribution in [2.75, 3.05) is 5.32 Å². The highest BCUT2D eigenvalue weighted by Crippen LogP contribution is 2.32. The molecule has 126 valence electrons. The summed E-state index contributed by atoms with van der Waals surface area (Å²) in [5.74, 6) is 0.399. The van der Waals surface area contributed by atoms with E-state index in [0.29, 0.717) is 22.5 Å². The summed E-state index contributed by atoms with van der Waals surface area (Å²) in [7, 11) is 0. The lowest BCUT2D eigenvalue weighted by Crippen LogP contribution is -1.93. The number of hydrogen-bond donors (Lipinski definition) is 3. The number of aromatic amines is 1. The van der Waals surface area contributed by atoms with Gasteiger partial charge in [0.25, 0.3) is 0 Å². The summed E-state index contributed by atoms with van der Waals surface area (Å²) in [6.45, 7) is 0. The number of allylic oxidation sites excluding steroid dienone is 1. The maximum Gasteiger partial charge on any atom is 0.232 e. The molecule has 0 radical (unpaired) electrons. The summed E-state index contributed by atoms with van der Waals surface area (Å²) < 4.78 is 5.60. The Hall–Kier alpha value is -4.26. The van der Waals surface area contributed by atoms with Crippen molar-refractivity contribution in [3.63, 3.8) is 0 Å². The van der Waals surface area contributed by atoms with Crippen LogP contribution in [0.4, 0.5) is 5.69 Å². The fourth-order valence-electron chi connectivity index (χ4n) is 2.26. The monoisotopic (exact) mass is 346 g/mol. The lowest BCUT2D eigenvalue weighted by molar-refractivity contribution is 0.474. The first kappa shape index (κ1) is 15.3. The second-order valence-electron chi connectivity index (χ2n) is 5.13. The largest absolute Gasteiger partial charge is 0.507 e. The quantitative estimate of drug-likeness (QED) is 0.472. The van der Waals surface area contributed by atoms with Gasteiger partial charge in [-0.05, 0) is 29.5 Å². The van der Waals surface area contributed by atoms with Crippen molar-refractivity contribution in [2.45, 2.75) is 0 Å². The standard InChI is InChI=1S/C16H10N8O2/c17-7-9(14-21-23-24-22-14)8-19-10-3-4-11(12(25)6-10)16-20-15-13(26-16)2-1-5-18-15/h1-6,8,19,25H,(H,21,22,23,24).